The molecule has 2 aromatic rings. The molecular formula is C18H24N2O3S. The minimum atomic E-state index is -0.411. The molecular weight excluding hydrogens is 324 g/mol. The normalized spacial score (nSPS) is 11.1. The highest BCUT2D eigenvalue weighted by Crippen LogP contribution is 2.40. The number of benzene rings is 1. The number of thiophene rings is 1. The Hall–Kier alpha value is -2.05. The van der Waals surface area contributed by atoms with Gasteiger partial charge in [-0.15, -0.1) is 11.3 Å². The summed E-state index contributed by atoms with van der Waals surface area (Å²) in [5, 5.41) is 0.483. The van der Waals surface area contributed by atoms with Gasteiger partial charge in [0.25, 0.3) is 0 Å². The van der Waals surface area contributed by atoms with Crippen LogP contribution in [0.1, 0.15) is 29.1 Å². The first-order valence-electron chi connectivity index (χ1n) is 7.74. The second kappa shape index (κ2) is 7.68. The summed E-state index contributed by atoms with van der Waals surface area (Å²) in [6.07, 6.45) is 0.113. The summed E-state index contributed by atoms with van der Waals surface area (Å²) < 4.78 is 10.6. The number of carbonyl (C=O) groups is 1. The highest BCUT2D eigenvalue weighted by atomic mass is 32.1. The largest absolute Gasteiger partial charge is 0.491 e. The van der Waals surface area contributed by atoms with Gasteiger partial charge in [0.1, 0.15) is 16.3 Å². The number of hydrogen-bond acceptors (Lipinski definition) is 6. The molecule has 0 spiro atoms. The molecule has 2 rings (SSSR count). The van der Waals surface area contributed by atoms with E-state index < -0.39 is 5.97 Å². The van der Waals surface area contributed by atoms with Gasteiger partial charge in [-0.3, -0.25) is 0 Å². The lowest BCUT2D eigenvalue weighted by Crippen LogP contribution is -2.11. The number of nitrogens with zero attached hydrogens (tertiary/aromatic N) is 1. The standard InChI is InChI=1S/C18H24N2O3S/c1-11(2)23-13-8-6-12(7-9-13)15-14(10-20(3)4)24-17(19)16(15)18(21)22-5/h6-9,11H,10,19H2,1-5H3. The quantitative estimate of drug-likeness (QED) is 0.808. The number of nitrogen functional groups attached to an aromatic ring is 1. The topological polar surface area (TPSA) is 64.8 Å². The van der Waals surface area contributed by atoms with Crippen molar-refractivity contribution in [2.45, 2.75) is 26.5 Å². The third kappa shape index (κ3) is 4.07. The smallest absolute Gasteiger partial charge is 0.341 e. The average molecular weight is 348 g/mol. The molecule has 130 valence electrons. The summed E-state index contributed by atoms with van der Waals surface area (Å²) in [6, 6.07) is 7.71. The van der Waals surface area contributed by atoms with Crippen LogP contribution in [0.5, 0.6) is 5.75 Å². The molecule has 1 heterocycles. The minimum absolute atomic E-state index is 0.113. The van der Waals surface area contributed by atoms with E-state index in [9.17, 15) is 4.79 Å². The van der Waals surface area contributed by atoms with Gasteiger partial charge in [0.15, 0.2) is 0 Å². The van der Waals surface area contributed by atoms with Gasteiger partial charge >= 0.3 is 5.97 Å². The fraction of sp³-hybridized carbons (Fsp3) is 0.389. The van der Waals surface area contributed by atoms with Gasteiger partial charge in [-0.25, -0.2) is 4.79 Å². The van der Waals surface area contributed by atoms with Crippen LogP contribution in [0.15, 0.2) is 24.3 Å². The van der Waals surface area contributed by atoms with Crippen molar-refractivity contribution in [1.82, 2.24) is 4.90 Å². The summed E-state index contributed by atoms with van der Waals surface area (Å²) in [4.78, 5) is 15.3. The second-order valence-corrected chi connectivity index (χ2v) is 7.20. The van der Waals surface area contributed by atoms with Crippen molar-refractivity contribution >= 4 is 22.3 Å². The van der Waals surface area contributed by atoms with Crippen molar-refractivity contribution < 1.29 is 14.3 Å². The lowest BCUT2D eigenvalue weighted by Gasteiger charge is -2.13. The number of carbonyl (C=O) groups excluding carboxylic acids is 1. The van der Waals surface area contributed by atoms with E-state index in [1.54, 1.807) is 0 Å². The molecule has 0 amide bonds. The second-order valence-electron chi connectivity index (χ2n) is 6.06. The molecule has 24 heavy (non-hydrogen) atoms. The molecule has 1 aromatic carbocycles. The van der Waals surface area contributed by atoms with Crippen LogP contribution in [0, 0.1) is 0 Å². The molecule has 0 atom stereocenters. The Morgan fingerprint density at radius 2 is 1.88 bits per heavy atom. The SMILES string of the molecule is COC(=O)c1c(N)sc(CN(C)C)c1-c1ccc(OC(C)C)cc1. The van der Waals surface area contributed by atoms with Crippen molar-refractivity contribution in [3.8, 4) is 16.9 Å². The van der Waals surface area contributed by atoms with E-state index in [2.05, 4.69) is 0 Å². The zero-order chi connectivity index (χ0) is 17.9. The molecule has 0 radical (unpaired) electrons. The van der Waals surface area contributed by atoms with Gasteiger partial charge in [0.2, 0.25) is 0 Å². The lowest BCUT2D eigenvalue weighted by molar-refractivity contribution is 0.0603. The highest BCUT2D eigenvalue weighted by Gasteiger charge is 2.24. The number of esters is 1. The predicted octanol–water partition coefficient (Wildman–Crippen LogP) is 3.63. The molecule has 0 saturated heterocycles. The average Bonchev–Trinajstić information content (AvgIpc) is 2.82. The van der Waals surface area contributed by atoms with Crippen LogP contribution in [-0.4, -0.2) is 38.2 Å². The van der Waals surface area contributed by atoms with Crippen molar-refractivity contribution in [3.05, 3.63) is 34.7 Å². The first-order valence-corrected chi connectivity index (χ1v) is 8.56. The van der Waals surface area contributed by atoms with Crippen LogP contribution in [0.25, 0.3) is 11.1 Å². The van der Waals surface area contributed by atoms with E-state index in [4.69, 9.17) is 15.2 Å². The third-order valence-corrected chi connectivity index (χ3v) is 4.38. The van der Waals surface area contributed by atoms with E-state index in [0.717, 1.165) is 21.8 Å². The summed E-state index contributed by atoms with van der Waals surface area (Å²) in [6.45, 7) is 4.67. The molecule has 0 aliphatic heterocycles. The van der Waals surface area contributed by atoms with E-state index >= 15 is 0 Å². The number of ether oxygens (including phenoxy) is 2. The van der Waals surface area contributed by atoms with Crippen LogP contribution in [0.3, 0.4) is 0 Å². The number of anilines is 1. The van der Waals surface area contributed by atoms with Crippen molar-refractivity contribution in [2.24, 2.45) is 0 Å². The van der Waals surface area contributed by atoms with Crippen LogP contribution in [0.2, 0.25) is 0 Å². The van der Waals surface area contributed by atoms with Crippen LogP contribution in [0.4, 0.5) is 5.00 Å². The maximum absolute atomic E-state index is 12.2. The summed E-state index contributed by atoms with van der Waals surface area (Å²) in [5.74, 6) is 0.386. The third-order valence-electron chi connectivity index (χ3n) is 3.37. The number of hydrogen-bond donors (Lipinski definition) is 1. The van der Waals surface area contributed by atoms with Gasteiger partial charge in [-0.05, 0) is 45.6 Å². The van der Waals surface area contributed by atoms with Gasteiger partial charge in [-0.2, -0.15) is 0 Å². The molecule has 6 heteroatoms. The number of nitrogens with two attached hydrogens (primary N) is 1. The predicted molar refractivity (Wildman–Crippen MR) is 98.7 cm³/mol. The Morgan fingerprint density at radius 1 is 1.25 bits per heavy atom. The zero-order valence-corrected chi connectivity index (χ0v) is 15.6. The monoisotopic (exact) mass is 348 g/mol. The summed E-state index contributed by atoms with van der Waals surface area (Å²) in [7, 11) is 5.34. The van der Waals surface area contributed by atoms with Crippen molar-refractivity contribution in [3.63, 3.8) is 0 Å². The molecule has 0 unspecified atom stereocenters. The maximum atomic E-state index is 12.2. The summed E-state index contributed by atoms with van der Waals surface area (Å²) in [5.41, 5.74) is 8.31. The van der Waals surface area contributed by atoms with E-state index in [1.807, 2.05) is 57.1 Å². The van der Waals surface area contributed by atoms with Gasteiger partial charge in [0.05, 0.1) is 13.2 Å². The zero-order valence-electron chi connectivity index (χ0n) is 14.8. The Labute approximate surface area is 147 Å². The van der Waals surface area contributed by atoms with Crippen LogP contribution < -0.4 is 10.5 Å². The Bertz CT molecular complexity index is 706. The molecule has 0 aliphatic rings. The molecule has 1 aromatic heterocycles. The van der Waals surface area contributed by atoms with Crippen LogP contribution in [-0.2, 0) is 11.3 Å². The van der Waals surface area contributed by atoms with E-state index in [0.29, 0.717) is 17.1 Å². The minimum Gasteiger partial charge on any atom is -0.491 e. The molecule has 2 N–H and O–H groups in total. The van der Waals surface area contributed by atoms with Crippen LogP contribution >= 0.6 is 11.3 Å². The van der Waals surface area contributed by atoms with Crippen molar-refractivity contribution in [1.29, 1.82) is 0 Å². The van der Waals surface area contributed by atoms with Crippen molar-refractivity contribution in [2.75, 3.05) is 26.9 Å². The molecule has 0 fully saturated rings. The number of rotatable bonds is 6. The lowest BCUT2D eigenvalue weighted by atomic mass is 10.0. The summed E-state index contributed by atoms with van der Waals surface area (Å²) >= 11 is 1.43. The Kier molecular flexibility index (Phi) is 5.85. The molecule has 0 bridgehead atoms. The number of methoxy groups -OCH3 is 1. The van der Waals surface area contributed by atoms with Gasteiger partial charge in [-0.1, -0.05) is 12.1 Å². The maximum Gasteiger partial charge on any atom is 0.341 e. The van der Waals surface area contributed by atoms with Gasteiger partial charge in [0, 0.05) is 17.0 Å². The molecule has 0 aliphatic carbocycles. The first kappa shape index (κ1) is 18.3. The van der Waals surface area contributed by atoms with Gasteiger partial charge < -0.3 is 20.1 Å². The molecule has 0 saturated carbocycles. The highest BCUT2D eigenvalue weighted by molar-refractivity contribution is 7.17. The fourth-order valence-corrected chi connectivity index (χ4v) is 3.68. The Morgan fingerprint density at radius 3 is 2.38 bits per heavy atom. The first-order chi connectivity index (χ1) is 11.3. The van der Waals surface area contributed by atoms with E-state index in [-0.39, 0.29) is 6.10 Å². The Balaban J connectivity index is 2.51. The molecule has 5 nitrogen and oxygen atoms in total. The fourth-order valence-electron chi connectivity index (χ4n) is 2.48. The van der Waals surface area contributed by atoms with E-state index in [1.165, 1.54) is 18.4 Å².